The summed E-state index contributed by atoms with van der Waals surface area (Å²) in [4.78, 5) is 12.2. The number of H-pyrrole nitrogens is 1. The highest BCUT2D eigenvalue weighted by Crippen LogP contribution is 2.30. The molecule has 1 aliphatic rings. The van der Waals surface area contributed by atoms with Gasteiger partial charge in [0, 0.05) is 11.7 Å². The van der Waals surface area contributed by atoms with E-state index >= 15 is 0 Å². The predicted molar refractivity (Wildman–Crippen MR) is 71.4 cm³/mol. The third kappa shape index (κ3) is 2.74. The van der Waals surface area contributed by atoms with Crippen molar-refractivity contribution in [3.05, 3.63) is 17.5 Å². The number of carbonyl (C=O) groups is 1. The van der Waals surface area contributed by atoms with Crippen molar-refractivity contribution in [2.45, 2.75) is 52.5 Å². The van der Waals surface area contributed by atoms with Crippen LogP contribution in [0.4, 0.5) is 0 Å². The third-order valence-electron chi connectivity index (χ3n) is 4.07. The fraction of sp³-hybridized carbons (Fsp3) is 0.714. The van der Waals surface area contributed by atoms with Gasteiger partial charge in [0.1, 0.15) is 0 Å². The van der Waals surface area contributed by atoms with Gasteiger partial charge in [-0.25, -0.2) is 0 Å². The number of rotatable bonds is 3. The second-order valence-corrected chi connectivity index (χ2v) is 5.68. The Labute approximate surface area is 109 Å². The largest absolute Gasteiger partial charge is 0.349 e. The molecule has 2 N–H and O–H groups in total. The highest BCUT2D eigenvalue weighted by molar-refractivity contribution is 5.95. The highest BCUT2D eigenvalue weighted by Gasteiger charge is 2.29. The average molecular weight is 249 g/mol. The Kier molecular flexibility index (Phi) is 4.04. The minimum absolute atomic E-state index is 0.0128. The van der Waals surface area contributed by atoms with E-state index in [1.165, 1.54) is 19.3 Å². The Morgan fingerprint density at radius 1 is 1.44 bits per heavy atom. The molecule has 0 bridgehead atoms. The molecule has 2 rings (SSSR count). The van der Waals surface area contributed by atoms with Gasteiger partial charge in [-0.2, -0.15) is 5.10 Å². The van der Waals surface area contributed by atoms with Gasteiger partial charge in [-0.3, -0.25) is 9.89 Å². The molecule has 1 aliphatic carbocycles. The smallest absolute Gasteiger partial charge is 0.254 e. The molecule has 0 saturated heterocycles. The quantitative estimate of drug-likeness (QED) is 0.865. The van der Waals surface area contributed by atoms with Crippen molar-refractivity contribution in [2.24, 2.45) is 11.8 Å². The van der Waals surface area contributed by atoms with Crippen LogP contribution in [0, 0.1) is 18.8 Å². The van der Waals surface area contributed by atoms with Crippen LogP contribution in [0.15, 0.2) is 6.20 Å². The van der Waals surface area contributed by atoms with E-state index in [0.29, 0.717) is 23.4 Å². The van der Waals surface area contributed by atoms with E-state index in [-0.39, 0.29) is 5.91 Å². The summed E-state index contributed by atoms with van der Waals surface area (Å²) in [7, 11) is 0. The van der Waals surface area contributed by atoms with Gasteiger partial charge in [-0.15, -0.1) is 0 Å². The van der Waals surface area contributed by atoms with Crippen molar-refractivity contribution in [1.29, 1.82) is 0 Å². The zero-order valence-corrected chi connectivity index (χ0v) is 11.5. The SMILES string of the molecule is Cc1[nH]ncc1C(=O)NC1CCCCC1C(C)C. The van der Waals surface area contributed by atoms with E-state index in [1.54, 1.807) is 6.20 Å². The van der Waals surface area contributed by atoms with E-state index in [4.69, 9.17) is 0 Å². The predicted octanol–water partition coefficient (Wildman–Crippen LogP) is 2.66. The number of aromatic amines is 1. The van der Waals surface area contributed by atoms with Crippen LogP contribution in [-0.2, 0) is 0 Å². The summed E-state index contributed by atoms with van der Waals surface area (Å²) >= 11 is 0. The van der Waals surface area contributed by atoms with Gasteiger partial charge in [0.15, 0.2) is 0 Å². The molecule has 1 amide bonds. The lowest BCUT2D eigenvalue weighted by Crippen LogP contribution is -2.44. The average Bonchev–Trinajstić information content (AvgIpc) is 2.76. The standard InChI is InChI=1S/C14H23N3O/c1-9(2)11-6-4-5-7-13(11)16-14(18)12-8-15-17-10(12)3/h8-9,11,13H,4-7H2,1-3H3,(H,15,17)(H,16,18). The first-order valence-corrected chi connectivity index (χ1v) is 6.90. The highest BCUT2D eigenvalue weighted by atomic mass is 16.1. The van der Waals surface area contributed by atoms with Crippen LogP contribution in [0.2, 0.25) is 0 Å². The lowest BCUT2D eigenvalue weighted by Gasteiger charge is -2.34. The van der Waals surface area contributed by atoms with Crippen LogP contribution in [0.1, 0.15) is 55.6 Å². The van der Waals surface area contributed by atoms with E-state index in [2.05, 4.69) is 29.4 Å². The summed E-state index contributed by atoms with van der Waals surface area (Å²) in [6.45, 7) is 6.37. The van der Waals surface area contributed by atoms with Crippen LogP contribution < -0.4 is 5.32 Å². The molecule has 1 aromatic heterocycles. The van der Waals surface area contributed by atoms with Crippen molar-refractivity contribution < 1.29 is 4.79 Å². The monoisotopic (exact) mass is 249 g/mol. The molecule has 0 spiro atoms. The molecular formula is C14H23N3O. The number of amides is 1. The number of hydrogen-bond acceptors (Lipinski definition) is 2. The van der Waals surface area contributed by atoms with Crippen molar-refractivity contribution in [2.75, 3.05) is 0 Å². The van der Waals surface area contributed by atoms with Gasteiger partial charge >= 0.3 is 0 Å². The molecule has 2 atom stereocenters. The summed E-state index contributed by atoms with van der Waals surface area (Å²) in [5.41, 5.74) is 1.51. The fourth-order valence-electron chi connectivity index (χ4n) is 2.96. The van der Waals surface area contributed by atoms with Crippen molar-refractivity contribution in [3.8, 4) is 0 Å². The Hall–Kier alpha value is -1.32. The number of aromatic nitrogens is 2. The Morgan fingerprint density at radius 2 is 2.17 bits per heavy atom. The molecule has 0 radical (unpaired) electrons. The Balaban J connectivity index is 2.03. The molecule has 1 aromatic rings. The van der Waals surface area contributed by atoms with Crippen LogP contribution in [-0.4, -0.2) is 22.1 Å². The van der Waals surface area contributed by atoms with Crippen LogP contribution >= 0.6 is 0 Å². The molecule has 2 unspecified atom stereocenters. The maximum Gasteiger partial charge on any atom is 0.254 e. The van der Waals surface area contributed by atoms with E-state index in [9.17, 15) is 4.79 Å². The molecule has 0 aliphatic heterocycles. The zero-order valence-electron chi connectivity index (χ0n) is 11.5. The van der Waals surface area contributed by atoms with E-state index in [0.717, 1.165) is 12.1 Å². The summed E-state index contributed by atoms with van der Waals surface area (Å²) in [6.07, 6.45) is 6.45. The van der Waals surface area contributed by atoms with Gasteiger partial charge in [-0.05, 0) is 31.6 Å². The normalized spacial score (nSPS) is 24.2. The number of carbonyl (C=O) groups excluding carboxylic acids is 1. The zero-order chi connectivity index (χ0) is 13.1. The summed E-state index contributed by atoms with van der Waals surface area (Å²) < 4.78 is 0. The van der Waals surface area contributed by atoms with Crippen LogP contribution in [0.25, 0.3) is 0 Å². The molecule has 100 valence electrons. The van der Waals surface area contributed by atoms with E-state index in [1.807, 2.05) is 6.92 Å². The fourth-order valence-corrected chi connectivity index (χ4v) is 2.96. The topological polar surface area (TPSA) is 57.8 Å². The number of hydrogen-bond donors (Lipinski definition) is 2. The summed E-state index contributed by atoms with van der Waals surface area (Å²) in [5.74, 6) is 1.25. The number of nitrogens with zero attached hydrogens (tertiary/aromatic N) is 1. The van der Waals surface area contributed by atoms with Gasteiger partial charge in [0.2, 0.25) is 0 Å². The summed E-state index contributed by atoms with van der Waals surface area (Å²) in [5, 5.41) is 9.91. The maximum atomic E-state index is 12.2. The van der Waals surface area contributed by atoms with Crippen LogP contribution in [0.3, 0.4) is 0 Å². The van der Waals surface area contributed by atoms with Crippen molar-refractivity contribution in [3.63, 3.8) is 0 Å². The molecule has 4 nitrogen and oxygen atoms in total. The lowest BCUT2D eigenvalue weighted by molar-refractivity contribution is 0.0888. The van der Waals surface area contributed by atoms with Crippen molar-refractivity contribution in [1.82, 2.24) is 15.5 Å². The molecule has 1 heterocycles. The first-order valence-electron chi connectivity index (χ1n) is 6.90. The van der Waals surface area contributed by atoms with Gasteiger partial charge in [0.05, 0.1) is 11.8 Å². The van der Waals surface area contributed by atoms with Gasteiger partial charge in [-0.1, -0.05) is 26.7 Å². The first-order chi connectivity index (χ1) is 8.59. The third-order valence-corrected chi connectivity index (χ3v) is 4.07. The number of aryl methyl sites for hydroxylation is 1. The second-order valence-electron chi connectivity index (χ2n) is 5.68. The first kappa shape index (κ1) is 13.1. The second kappa shape index (κ2) is 5.55. The molecule has 1 saturated carbocycles. The Morgan fingerprint density at radius 3 is 2.78 bits per heavy atom. The van der Waals surface area contributed by atoms with E-state index < -0.39 is 0 Å². The summed E-state index contributed by atoms with van der Waals surface area (Å²) in [6, 6.07) is 0.320. The molecule has 18 heavy (non-hydrogen) atoms. The molecule has 1 fully saturated rings. The van der Waals surface area contributed by atoms with Crippen LogP contribution in [0.5, 0.6) is 0 Å². The van der Waals surface area contributed by atoms with Gasteiger partial charge in [0.25, 0.3) is 5.91 Å². The minimum Gasteiger partial charge on any atom is -0.349 e. The van der Waals surface area contributed by atoms with Gasteiger partial charge < -0.3 is 5.32 Å². The lowest BCUT2D eigenvalue weighted by atomic mass is 9.78. The Bertz CT molecular complexity index is 411. The molecular weight excluding hydrogens is 226 g/mol. The molecule has 4 heteroatoms. The van der Waals surface area contributed by atoms with Crippen molar-refractivity contribution >= 4 is 5.91 Å². The number of nitrogens with one attached hydrogen (secondary N) is 2. The maximum absolute atomic E-state index is 12.2. The molecule has 0 aromatic carbocycles. The minimum atomic E-state index is 0.0128.